The zero-order valence-corrected chi connectivity index (χ0v) is 13.7. The van der Waals surface area contributed by atoms with Gasteiger partial charge in [0.2, 0.25) is 0 Å². The van der Waals surface area contributed by atoms with Crippen LogP contribution in [0.2, 0.25) is 5.02 Å². The number of amides is 1. The molecule has 122 valence electrons. The molecular formula is C15H20ClNO5. The Morgan fingerprint density at radius 3 is 2.64 bits per heavy atom. The lowest BCUT2D eigenvalue weighted by atomic mass is 10.1. The predicted octanol–water partition coefficient (Wildman–Crippen LogP) is 1.46. The minimum absolute atomic E-state index is 0.272. The van der Waals surface area contributed by atoms with Crippen molar-refractivity contribution in [3.8, 4) is 5.75 Å². The Balaban J connectivity index is 2.60. The van der Waals surface area contributed by atoms with Crippen molar-refractivity contribution in [3.63, 3.8) is 0 Å². The molecule has 2 unspecified atom stereocenters. The molecule has 2 atom stereocenters. The first-order chi connectivity index (χ1) is 10.2. The second kappa shape index (κ2) is 7.47. The van der Waals surface area contributed by atoms with E-state index in [-0.39, 0.29) is 6.54 Å². The molecule has 1 amide bonds. The smallest absolute Gasteiger partial charge is 0.339 e. The van der Waals surface area contributed by atoms with Gasteiger partial charge in [-0.15, -0.1) is 0 Å². The Kier molecular flexibility index (Phi) is 6.20. The molecule has 0 saturated carbocycles. The number of benzene rings is 1. The van der Waals surface area contributed by atoms with Crippen LogP contribution in [0, 0.1) is 6.92 Å². The summed E-state index contributed by atoms with van der Waals surface area (Å²) >= 11 is 5.85. The number of ether oxygens (including phenoxy) is 2. The van der Waals surface area contributed by atoms with E-state index in [9.17, 15) is 14.7 Å². The zero-order valence-electron chi connectivity index (χ0n) is 13.0. The number of hydrogen-bond acceptors (Lipinski definition) is 5. The van der Waals surface area contributed by atoms with Gasteiger partial charge < -0.3 is 19.9 Å². The third kappa shape index (κ3) is 4.89. The fourth-order valence-corrected chi connectivity index (χ4v) is 1.91. The van der Waals surface area contributed by atoms with Crippen LogP contribution < -0.4 is 10.1 Å². The van der Waals surface area contributed by atoms with Crippen LogP contribution in [0.15, 0.2) is 18.2 Å². The second-order valence-corrected chi connectivity index (χ2v) is 5.59. The quantitative estimate of drug-likeness (QED) is 0.772. The van der Waals surface area contributed by atoms with Crippen LogP contribution in [0.1, 0.15) is 19.4 Å². The van der Waals surface area contributed by atoms with Gasteiger partial charge in [-0.2, -0.15) is 0 Å². The van der Waals surface area contributed by atoms with E-state index >= 15 is 0 Å². The predicted molar refractivity (Wildman–Crippen MR) is 81.9 cm³/mol. The van der Waals surface area contributed by atoms with Crippen LogP contribution in [0.25, 0.3) is 0 Å². The SMILES string of the molecule is COC(=O)C(C)(O)CNC(=O)C(C)Oc1ccc(Cl)cc1C. The van der Waals surface area contributed by atoms with Gasteiger partial charge in [-0.25, -0.2) is 4.79 Å². The number of methoxy groups -OCH3 is 1. The summed E-state index contributed by atoms with van der Waals surface area (Å²) in [7, 11) is 1.16. The number of aryl methyl sites for hydroxylation is 1. The van der Waals surface area contributed by atoms with Crippen LogP contribution in [0.3, 0.4) is 0 Å². The van der Waals surface area contributed by atoms with Crippen molar-refractivity contribution in [3.05, 3.63) is 28.8 Å². The Morgan fingerprint density at radius 2 is 2.09 bits per heavy atom. The highest BCUT2D eigenvalue weighted by Gasteiger charge is 2.32. The molecule has 0 aliphatic carbocycles. The molecule has 0 heterocycles. The molecule has 0 bridgehead atoms. The van der Waals surface area contributed by atoms with Crippen molar-refractivity contribution in [1.29, 1.82) is 0 Å². The summed E-state index contributed by atoms with van der Waals surface area (Å²) in [6.45, 7) is 4.36. The van der Waals surface area contributed by atoms with E-state index in [1.807, 2.05) is 6.92 Å². The van der Waals surface area contributed by atoms with Crippen molar-refractivity contribution < 1.29 is 24.2 Å². The molecule has 0 aliphatic heterocycles. The van der Waals surface area contributed by atoms with E-state index in [4.69, 9.17) is 16.3 Å². The van der Waals surface area contributed by atoms with Gasteiger partial charge in [-0.1, -0.05) is 11.6 Å². The topological polar surface area (TPSA) is 84.9 Å². The average Bonchev–Trinajstić information content (AvgIpc) is 2.46. The van der Waals surface area contributed by atoms with Gasteiger partial charge in [0.15, 0.2) is 11.7 Å². The highest BCUT2D eigenvalue weighted by Crippen LogP contribution is 2.22. The minimum atomic E-state index is -1.79. The number of esters is 1. The number of carbonyl (C=O) groups is 2. The molecule has 2 N–H and O–H groups in total. The van der Waals surface area contributed by atoms with Gasteiger partial charge in [0, 0.05) is 5.02 Å². The van der Waals surface area contributed by atoms with Crippen LogP contribution >= 0.6 is 11.6 Å². The van der Waals surface area contributed by atoms with Crippen LogP contribution in [-0.2, 0) is 14.3 Å². The van der Waals surface area contributed by atoms with Gasteiger partial charge >= 0.3 is 5.97 Å². The van der Waals surface area contributed by atoms with Crippen molar-refractivity contribution in [2.24, 2.45) is 0 Å². The molecule has 0 spiro atoms. The van der Waals surface area contributed by atoms with Crippen molar-refractivity contribution >= 4 is 23.5 Å². The Bertz CT molecular complexity index is 559. The summed E-state index contributed by atoms with van der Waals surface area (Å²) in [6, 6.07) is 5.06. The maximum Gasteiger partial charge on any atom is 0.339 e. The summed E-state index contributed by atoms with van der Waals surface area (Å²) in [5, 5.41) is 12.9. The molecule has 1 aromatic carbocycles. The van der Waals surface area contributed by atoms with Gasteiger partial charge in [0.25, 0.3) is 5.91 Å². The maximum absolute atomic E-state index is 12.0. The number of nitrogens with one attached hydrogen (secondary N) is 1. The lowest BCUT2D eigenvalue weighted by Gasteiger charge is -2.22. The molecule has 7 heteroatoms. The van der Waals surface area contributed by atoms with Crippen LogP contribution in [-0.4, -0.2) is 42.3 Å². The minimum Gasteiger partial charge on any atom is -0.481 e. The molecule has 22 heavy (non-hydrogen) atoms. The molecule has 0 aromatic heterocycles. The summed E-state index contributed by atoms with van der Waals surface area (Å²) in [5.41, 5.74) is -0.992. The molecule has 6 nitrogen and oxygen atoms in total. The fraction of sp³-hybridized carbons (Fsp3) is 0.467. The maximum atomic E-state index is 12.0. The van der Waals surface area contributed by atoms with E-state index in [0.29, 0.717) is 10.8 Å². The van der Waals surface area contributed by atoms with Crippen LogP contribution in [0.4, 0.5) is 0 Å². The summed E-state index contributed by atoms with van der Waals surface area (Å²) in [6.07, 6.45) is -0.798. The zero-order chi connectivity index (χ0) is 16.9. The van der Waals surface area contributed by atoms with Crippen molar-refractivity contribution in [2.45, 2.75) is 32.5 Å². The number of carbonyl (C=O) groups excluding carboxylic acids is 2. The van der Waals surface area contributed by atoms with E-state index in [2.05, 4.69) is 10.1 Å². The Labute approximate surface area is 134 Å². The molecule has 0 saturated heterocycles. The Morgan fingerprint density at radius 1 is 1.45 bits per heavy atom. The van der Waals surface area contributed by atoms with E-state index in [1.54, 1.807) is 25.1 Å². The molecule has 0 aliphatic rings. The highest BCUT2D eigenvalue weighted by molar-refractivity contribution is 6.30. The number of hydrogen-bond donors (Lipinski definition) is 2. The van der Waals surface area contributed by atoms with Gasteiger partial charge in [-0.05, 0) is 44.5 Å². The van der Waals surface area contributed by atoms with Gasteiger partial charge in [0.1, 0.15) is 5.75 Å². The molecule has 1 aromatic rings. The summed E-state index contributed by atoms with van der Waals surface area (Å²) in [4.78, 5) is 23.3. The first-order valence-electron chi connectivity index (χ1n) is 6.68. The molecule has 0 radical (unpaired) electrons. The van der Waals surface area contributed by atoms with Crippen LogP contribution in [0.5, 0.6) is 5.75 Å². The number of aliphatic hydroxyl groups is 1. The summed E-state index contributed by atoms with van der Waals surface area (Å²) in [5.74, 6) is -0.750. The Hall–Kier alpha value is -1.79. The monoisotopic (exact) mass is 329 g/mol. The standard InChI is InChI=1S/C15H20ClNO5/c1-9-7-11(16)5-6-12(9)22-10(2)13(18)17-8-15(3,20)14(19)21-4/h5-7,10,20H,8H2,1-4H3,(H,17,18). The summed E-state index contributed by atoms with van der Waals surface area (Å²) < 4.78 is 9.99. The highest BCUT2D eigenvalue weighted by atomic mass is 35.5. The lowest BCUT2D eigenvalue weighted by molar-refractivity contribution is -0.160. The van der Waals surface area contributed by atoms with Gasteiger partial charge in [0.05, 0.1) is 13.7 Å². The van der Waals surface area contributed by atoms with Crippen molar-refractivity contribution in [1.82, 2.24) is 5.32 Å². The third-order valence-corrected chi connectivity index (χ3v) is 3.28. The first-order valence-corrected chi connectivity index (χ1v) is 7.06. The van der Waals surface area contributed by atoms with Gasteiger partial charge in [-0.3, -0.25) is 4.79 Å². The normalized spacial score (nSPS) is 14.6. The second-order valence-electron chi connectivity index (χ2n) is 5.15. The first kappa shape index (κ1) is 18.3. The molecule has 1 rings (SSSR count). The van der Waals surface area contributed by atoms with E-state index in [0.717, 1.165) is 12.7 Å². The van der Waals surface area contributed by atoms with E-state index in [1.165, 1.54) is 6.92 Å². The van der Waals surface area contributed by atoms with Crippen molar-refractivity contribution in [2.75, 3.05) is 13.7 Å². The molecular weight excluding hydrogens is 310 g/mol. The number of rotatable bonds is 6. The van der Waals surface area contributed by atoms with E-state index < -0.39 is 23.6 Å². The third-order valence-electron chi connectivity index (χ3n) is 3.04. The average molecular weight is 330 g/mol. The molecule has 0 fully saturated rings. The number of halogens is 1. The fourth-order valence-electron chi connectivity index (χ4n) is 1.68. The lowest BCUT2D eigenvalue weighted by Crippen LogP contribution is -2.49. The largest absolute Gasteiger partial charge is 0.481 e.